The van der Waals surface area contributed by atoms with E-state index in [1.54, 1.807) is 6.07 Å². The second kappa shape index (κ2) is 7.63. The van der Waals surface area contributed by atoms with Gasteiger partial charge in [-0.1, -0.05) is 42.5 Å². The first-order chi connectivity index (χ1) is 13.6. The van der Waals surface area contributed by atoms with Crippen LogP contribution in [0.2, 0.25) is 0 Å². The van der Waals surface area contributed by atoms with Crippen LogP contribution in [0.15, 0.2) is 88.7 Å². The number of aliphatic hydroxyl groups excluding tert-OH is 1. The van der Waals surface area contributed by atoms with Gasteiger partial charge < -0.3 is 14.4 Å². The highest BCUT2D eigenvalue weighted by molar-refractivity contribution is 14.1. The molecule has 2 aromatic carbocycles. The molecule has 1 unspecified atom stereocenters. The molecule has 2 heterocycles. The van der Waals surface area contributed by atoms with E-state index in [-0.39, 0.29) is 17.9 Å². The molecule has 28 heavy (non-hydrogen) atoms. The van der Waals surface area contributed by atoms with Gasteiger partial charge in [-0.3, -0.25) is 9.59 Å². The fraction of sp³-hybridized carbons (Fsp3) is 0.0909. The number of hydrogen-bond acceptors (Lipinski definition) is 4. The monoisotopic (exact) mass is 485 g/mol. The number of furan rings is 1. The smallest absolute Gasteiger partial charge is 0.290 e. The van der Waals surface area contributed by atoms with Crippen LogP contribution in [0.3, 0.4) is 0 Å². The first-order valence-electron chi connectivity index (χ1n) is 8.68. The summed E-state index contributed by atoms with van der Waals surface area (Å²) < 4.78 is 6.26. The first-order valence-corrected chi connectivity index (χ1v) is 9.76. The van der Waals surface area contributed by atoms with Crippen LogP contribution in [0.5, 0.6) is 0 Å². The average molecular weight is 485 g/mol. The number of carbonyl (C=O) groups excluding carboxylic acids is 2. The van der Waals surface area contributed by atoms with Crippen molar-refractivity contribution in [1.82, 2.24) is 4.90 Å². The van der Waals surface area contributed by atoms with Crippen LogP contribution < -0.4 is 0 Å². The Bertz CT molecular complexity index is 1040. The molecule has 1 atom stereocenters. The van der Waals surface area contributed by atoms with E-state index in [1.165, 1.54) is 17.2 Å². The van der Waals surface area contributed by atoms with Crippen LogP contribution in [0.25, 0.3) is 0 Å². The molecule has 0 fully saturated rings. The molecule has 0 saturated carbocycles. The first kappa shape index (κ1) is 18.5. The largest absolute Gasteiger partial charge is 0.503 e. The van der Waals surface area contributed by atoms with Crippen LogP contribution in [0.4, 0.5) is 0 Å². The SMILES string of the molecule is O=C(C1=C(O)C(=O)N(Cc2ccccc2)C1c1ccc(I)cc1)c1ccco1. The fourth-order valence-corrected chi connectivity index (χ4v) is 3.72. The van der Waals surface area contributed by atoms with Gasteiger partial charge in [-0.15, -0.1) is 0 Å². The molecule has 1 aliphatic rings. The molecule has 1 amide bonds. The molecule has 1 aliphatic heterocycles. The van der Waals surface area contributed by atoms with Crippen molar-refractivity contribution >= 4 is 34.3 Å². The van der Waals surface area contributed by atoms with Crippen molar-refractivity contribution < 1.29 is 19.1 Å². The average Bonchev–Trinajstić information content (AvgIpc) is 3.33. The summed E-state index contributed by atoms with van der Waals surface area (Å²) in [6.07, 6.45) is 1.39. The van der Waals surface area contributed by atoms with E-state index in [2.05, 4.69) is 22.6 Å². The summed E-state index contributed by atoms with van der Waals surface area (Å²) in [5.74, 6) is -1.50. The van der Waals surface area contributed by atoms with Crippen LogP contribution >= 0.6 is 22.6 Å². The van der Waals surface area contributed by atoms with Gasteiger partial charge in [0.1, 0.15) is 0 Å². The van der Waals surface area contributed by atoms with Gasteiger partial charge in [0, 0.05) is 10.1 Å². The lowest BCUT2D eigenvalue weighted by Gasteiger charge is -2.27. The zero-order chi connectivity index (χ0) is 19.7. The molecule has 0 bridgehead atoms. The zero-order valence-electron chi connectivity index (χ0n) is 14.7. The predicted molar refractivity (Wildman–Crippen MR) is 112 cm³/mol. The third-order valence-electron chi connectivity index (χ3n) is 4.67. The van der Waals surface area contributed by atoms with Gasteiger partial charge in [-0.2, -0.15) is 0 Å². The fourth-order valence-electron chi connectivity index (χ4n) is 3.36. The molecule has 3 aromatic rings. The van der Waals surface area contributed by atoms with Crippen molar-refractivity contribution in [3.63, 3.8) is 0 Å². The number of Topliss-reactive ketones (excluding diaryl/α,β-unsaturated/α-hetero) is 1. The molecule has 0 spiro atoms. The molecule has 0 aliphatic carbocycles. The van der Waals surface area contributed by atoms with Gasteiger partial charge in [-0.25, -0.2) is 0 Å². The molecular formula is C22H16INO4. The highest BCUT2D eigenvalue weighted by Gasteiger charge is 2.44. The lowest BCUT2D eigenvalue weighted by molar-refractivity contribution is -0.130. The molecule has 6 heteroatoms. The summed E-state index contributed by atoms with van der Waals surface area (Å²) in [6, 6.07) is 19.5. The molecule has 5 nitrogen and oxygen atoms in total. The highest BCUT2D eigenvalue weighted by atomic mass is 127. The van der Waals surface area contributed by atoms with Crippen LogP contribution in [-0.2, 0) is 11.3 Å². The Labute approximate surface area is 175 Å². The van der Waals surface area contributed by atoms with Crippen molar-refractivity contribution in [3.05, 3.63) is 105 Å². The minimum atomic E-state index is -0.692. The molecule has 1 N–H and O–H groups in total. The Hall–Kier alpha value is -2.87. The van der Waals surface area contributed by atoms with Crippen LogP contribution in [-0.4, -0.2) is 21.7 Å². The van der Waals surface area contributed by atoms with Crippen molar-refractivity contribution in [2.75, 3.05) is 0 Å². The summed E-state index contributed by atoms with van der Waals surface area (Å²) in [6.45, 7) is 0.273. The standard InChI is InChI=1S/C22H16INO4/c23-16-10-8-15(9-11-16)19-18(20(25)17-7-4-12-28-17)21(26)22(27)24(19)13-14-5-2-1-3-6-14/h1-12,19,26H,13H2. The third-order valence-corrected chi connectivity index (χ3v) is 5.39. The lowest BCUT2D eigenvalue weighted by atomic mass is 9.95. The Kier molecular flexibility index (Phi) is 5.04. The van der Waals surface area contributed by atoms with Gasteiger partial charge in [0.2, 0.25) is 5.78 Å². The maximum absolute atomic E-state index is 13.0. The number of halogens is 1. The normalized spacial score (nSPS) is 16.7. The summed E-state index contributed by atoms with van der Waals surface area (Å²) in [5.41, 5.74) is 1.70. The molecule has 0 saturated heterocycles. The number of amides is 1. The Balaban J connectivity index is 1.79. The maximum atomic E-state index is 13.0. The van der Waals surface area contributed by atoms with Crippen molar-refractivity contribution in [2.24, 2.45) is 0 Å². The van der Waals surface area contributed by atoms with E-state index in [4.69, 9.17) is 4.42 Å². The van der Waals surface area contributed by atoms with Gasteiger partial charge in [-0.05, 0) is 58.0 Å². The molecule has 140 valence electrons. The summed E-state index contributed by atoms with van der Waals surface area (Å²) in [4.78, 5) is 27.4. The minimum absolute atomic E-state index is 0.0390. The van der Waals surface area contributed by atoms with Gasteiger partial charge >= 0.3 is 0 Å². The summed E-state index contributed by atoms with van der Waals surface area (Å²) >= 11 is 2.20. The second-order valence-electron chi connectivity index (χ2n) is 6.44. The maximum Gasteiger partial charge on any atom is 0.290 e. The zero-order valence-corrected chi connectivity index (χ0v) is 16.9. The van der Waals surface area contributed by atoms with E-state index in [1.807, 2.05) is 54.6 Å². The minimum Gasteiger partial charge on any atom is -0.503 e. The molecule has 4 rings (SSSR count). The van der Waals surface area contributed by atoms with E-state index >= 15 is 0 Å². The number of ketones is 1. The number of aliphatic hydroxyl groups is 1. The summed E-state index contributed by atoms with van der Waals surface area (Å²) in [5, 5.41) is 10.6. The number of nitrogens with zero attached hydrogens (tertiary/aromatic N) is 1. The summed E-state index contributed by atoms with van der Waals surface area (Å²) in [7, 11) is 0. The van der Waals surface area contributed by atoms with E-state index in [0.717, 1.165) is 14.7 Å². The van der Waals surface area contributed by atoms with Crippen molar-refractivity contribution in [1.29, 1.82) is 0 Å². The Morgan fingerprint density at radius 3 is 2.39 bits per heavy atom. The van der Waals surface area contributed by atoms with Gasteiger partial charge in [0.25, 0.3) is 5.91 Å². The van der Waals surface area contributed by atoms with E-state index in [9.17, 15) is 14.7 Å². The number of rotatable bonds is 5. The van der Waals surface area contributed by atoms with Crippen molar-refractivity contribution in [2.45, 2.75) is 12.6 Å². The lowest BCUT2D eigenvalue weighted by Crippen LogP contribution is -2.30. The van der Waals surface area contributed by atoms with Crippen LogP contribution in [0.1, 0.15) is 27.7 Å². The number of benzene rings is 2. The molecular weight excluding hydrogens is 469 g/mol. The highest BCUT2D eigenvalue weighted by Crippen LogP contribution is 2.40. The Morgan fingerprint density at radius 1 is 1.04 bits per heavy atom. The van der Waals surface area contributed by atoms with Crippen molar-refractivity contribution in [3.8, 4) is 0 Å². The number of hydrogen-bond donors (Lipinski definition) is 1. The van der Waals surface area contributed by atoms with Crippen LogP contribution in [0, 0.1) is 3.57 Å². The van der Waals surface area contributed by atoms with E-state index in [0.29, 0.717) is 0 Å². The number of carbonyl (C=O) groups is 2. The quantitative estimate of drug-likeness (QED) is 0.422. The second-order valence-corrected chi connectivity index (χ2v) is 7.69. The topological polar surface area (TPSA) is 70.8 Å². The third kappa shape index (κ3) is 3.35. The van der Waals surface area contributed by atoms with Gasteiger partial charge in [0.05, 0.1) is 17.9 Å². The molecule has 1 aromatic heterocycles. The van der Waals surface area contributed by atoms with Gasteiger partial charge in [0.15, 0.2) is 11.5 Å². The van der Waals surface area contributed by atoms with E-state index < -0.39 is 23.5 Å². The predicted octanol–water partition coefficient (Wildman–Crippen LogP) is 4.66. The Morgan fingerprint density at radius 2 is 1.75 bits per heavy atom. The molecule has 0 radical (unpaired) electrons.